The van der Waals surface area contributed by atoms with E-state index in [0.29, 0.717) is 19.4 Å². The Morgan fingerprint density at radius 1 is 1.05 bits per heavy atom. The summed E-state index contributed by atoms with van der Waals surface area (Å²) in [5, 5.41) is 0. The van der Waals surface area contributed by atoms with Gasteiger partial charge in [0.15, 0.2) is 0 Å². The highest BCUT2D eigenvalue weighted by Gasteiger charge is 2.28. The molecule has 4 nitrogen and oxygen atoms in total. The minimum absolute atomic E-state index is 0.0709. The van der Waals surface area contributed by atoms with E-state index in [1.807, 2.05) is 38.2 Å². The number of carbonyl (C=O) groups is 2. The molecule has 0 N–H and O–H groups in total. The van der Waals surface area contributed by atoms with Crippen molar-refractivity contribution in [3.63, 3.8) is 0 Å². The third-order valence-corrected chi connectivity index (χ3v) is 4.16. The quantitative estimate of drug-likeness (QED) is 0.818. The molecule has 1 aromatic heterocycles. The summed E-state index contributed by atoms with van der Waals surface area (Å²) in [5.74, 6) is -0.142. The highest BCUT2D eigenvalue weighted by molar-refractivity contribution is 6.01. The van der Waals surface area contributed by atoms with Crippen molar-refractivity contribution in [2.24, 2.45) is 0 Å². The summed E-state index contributed by atoms with van der Waals surface area (Å²) in [4.78, 5) is 28.9. The van der Waals surface area contributed by atoms with Crippen LogP contribution in [-0.4, -0.2) is 21.7 Å². The molecule has 1 fully saturated rings. The van der Waals surface area contributed by atoms with E-state index in [1.165, 1.54) is 4.90 Å². The van der Waals surface area contributed by atoms with Gasteiger partial charge < -0.3 is 0 Å². The van der Waals surface area contributed by atoms with Gasteiger partial charge in [-0.15, -0.1) is 0 Å². The van der Waals surface area contributed by atoms with Crippen LogP contribution in [0.5, 0.6) is 0 Å². The minimum Gasteiger partial charge on any atom is -0.278 e. The van der Waals surface area contributed by atoms with Crippen molar-refractivity contribution in [2.75, 3.05) is 0 Å². The maximum Gasteiger partial charge on any atom is 0.229 e. The zero-order valence-electron chi connectivity index (χ0n) is 12.8. The highest BCUT2D eigenvalue weighted by Crippen LogP contribution is 2.26. The van der Waals surface area contributed by atoms with Crippen molar-refractivity contribution < 1.29 is 9.59 Å². The van der Waals surface area contributed by atoms with Gasteiger partial charge in [0.05, 0.1) is 6.54 Å². The van der Waals surface area contributed by atoms with Gasteiger partial charge in [0, 0.05) is 25.2 Å². The lowest BCUT2D eigenvalue weighted by atomic mass is 9.98. The molecule has 0 radical (unpaired) electrons. The van der Waals surface area contributed by atoms with Crippen LogP contribution in [0.25, 0.3) is 11.1 Å². The van der Waals surface area contributed by atoms with E-state index in [1.54, 1.807) is 6.20 Å². The van der Waals surface area contributed by atoms with Gasteiger partial charge >= 0.3 is 0 Å². The van der Waals surface area contributed by atoms with Crippen LogP contribution in [0, 0.1) is 13.8 Å². The molecule has 0 bridgehead atoms. The van der Waals surface area contributed by atoms with Gasteiger partial charge in [0.25, 0.3) is 0 Å². The summed E-state index contributed by atoms with van der Waals surface area (Å²) >= 11 is 0. The number of hydrogen-bond acceptors (Lipinski definition) is 3. The number of benzene rings is 1. The summed E-state index contributed by atoms with van der Waals surface area (Å²) in [6, 6.07) is 8.14. The molecule has 1 aromatic carbocycles. The summed E-state index contributed by atoms with van der Waals surface area (Å²) in [6.07, 6.45) is 4.31. The number of imide groups is 1. The Hall–Kier alpha value is -2.49. The Kier molecular flexibility index (Phi) is 3.75. The SMILES string of the molecule is Cc1cc(-c2ccncc2C)ccc1CN1C(=O)CCC1=O. The van der Waals surface area contributed by atoms with Crippen LogP contribution in [-0.2, 0) is 16.1 Å². The molecule has 2 aromatic rings. The second-order valence-corrected chi connectivity index (χ2v) is 5.71. The topological polar surface area (TPSA) is 50.3 Å². The summed E-state index contributed by atoms with van der Waals surface area (Å²) < 4.78 is 0. The number of rotatable bonds is 3. The van der Waals surface area contributed by atoms with E-state index in [0.717, 1.165) is 27.8 Å². The Bertz CT molecular complexity index is 737. The van der Waals surface area contributed by atoms with E-state index in [4.69, 9.17) is 0 Å². The van der Waals surface area contributed by atoms with Crippen LogP contribution in [0.15, 0.2) is 36.7 Å². The van der Waals surface area contributed by atoms with Crippen molar-refractivity contribution in [2.45, 2.75) is 33.2 Å². The van der Waals surface area contributed by atoms with Gasteiger partial charge in [-0.2, -0.15) is 0 Å². The zero-order valence-corrected chi connectivity index (χ0v) is 12.8. The second-order valence-electron chi connectivity index (χ2n) is 5.71. The average Bonchev–Trinajstić information content (AvgIpc) is 2.81. The molecule has 3 rings (SSSR count). The van der Waals surface area contributed by atoms with Gasteiger partial charge in [-0.25, -0.2) is 0 Å². The van der Waals surface area contributed by atoms with Gasteiger partial charge in [-0.05, 0) is 47.7 Å². The smallest absolute Gasteiger partial charge is 0.229 e. The first-order chi connectivity index (χ1) is 10.6. The van der Waals surface area contributed by atoms with Crippen LogP contribution in [0.2, 0.25) is 0 Å². The summed E-state index contributed by atoms with van der Waals surface area (Å²) in [7, 11) is 0. The van der Waals surface area contributed by atoms with Gasteiger partial charge in [0.2, 0.25) is 11.8 Å². The predicted octanol–water partition coefficient (Wildman–Crippen LogP) is 3.01. The van der Waals surface area contributed by atoms with E-state index in [2.05, 4.69) is 11.1 Å². The zero-order chi connectivity index (χ0) is 15.7. The van der Waals surface area contributed by atoms with Crippen molar-refractivity contribution in [1.82, 2.24) is 9.88 Å². The fourth-order valence-electron chi connectivity index (χ4n) is 2.81. The molecular formula is C18H18N2O2. The number of hydrogen-bond donors (Lipinski definition) is 0. The Morgan fingerprint density at radius 3 is 2.41 bits per heavy atom. The molecule has 112 valence electrons. The number of pyridine rings is 1. The Morgan fingerprint density at radius 2 is 1.77 bits per heavy atom. The number of nitrogens with zero attached hydrogens (tertiary/aromatic N) is 2. The standard InChI is InChI=1S/C18H18N2O2/c1-12-9-14(16-7-8-19-10-13(16)2)3-4-15(12)11-20-17(21)5-6-18(20)22/h3-4,7-10H,5-6,11H2,1-2H3. The summed E-state index contributed by atoms with van der Waals surface area (Å²) in [6.45, 7) is 4.42. The number of aryl methyl sites for hydroxylation is 2. The van der Waals surface area contributed by atoms with Crippen molar-refractivity contribution in [1.29, 1.82) is 0 Å². The first-order valence-corrected chi connectivity index (χ1v) is 7.40. The lowest BCUT2D eigenvalue weighted by Gasteiger charge is -2.16. The van der Waals surface area contributed by atoms with E-state index in [9.17, 15) is 9.59 Å². The fourth-order valence-corrected chi connectivity index (χ4v) is 2.81. The molecule has 1 aliphatic heterocycles. The number of aromatic nitrogens is 1. The van der Waals surface area contributed by atoms with Crippen LogP contribution in [0.3, 0.4) is 0 Å². The van der Waals surface area contributed by atoms with Gasteiger partial charge in [-0.3, -0.25) is 19.5 Å². The minimum atomic E-state index is -0.0709. The van der Waals surface area contributed by atoms with Crippen LogP contribution < -0.4 is 0 Å². The monoisotopic (exact) mass is 294 g/mol. The molecule has 1 aliphatic rings. The summed E-state index contributed by atoms with van der Waals surface area (Å²) in [5.41, 5.74) is 5.50. The van der Waals surface area contributed by atoms with Crippen LogP contribution in [0.4, 0.5) is 0 Å². The molecule has 2 amide bonds. The first-order valence-electron chi connectivity index (χ1n) is 7.40. The Labute approximate surface area is 129 Å². The number of likely N-dealkylation sites (tertiary alicyclic amines) is 1. The van der Waals surface area contributed by atoms with Gasteiger partial charge in [0.1, 0.15) is 0 Å². The first kappa shape index (κ1) is 14.4. The van der Waals surface area contributed by atoms with Crippen LogP contribution >= 0.6 is 0 Å². The van der Waals surface area contributed by atoms with Gasteiger partial charge in [-0.1, -0.05) is 18.2 Å². The van der Waals surface area contributed by atoms with Crippen molar-refractivity contribution >= 4 is 11.8 Å². The highest BCUT2D eigenvalue weighted by atomic mass is 16.2. The lowest BCUT2D eigenvalue weighted by molar-refractivity contribution is -0.139. The Balaban J connectivity index is 1.88. The van der Waals surface area contributed by atoms with E-state index < -0.39 is 0 Å². The number of amides is 2. The molecule has 4 heteroatoms. The molecule has 0 spiro atoms. The normalized spacial score (nSPS) is 14.7. The second kappa shape index (κ2) is 5.72. The van der Waals surface area contributed by atoms with E-state index >= 15 is 0 Å². The van der Waals surface area contributed by atoms with Crippen molar-refractivity contribution in [3.8, 4) is 11.1 Å². The van der Waals surface area contributed by atoms with E-state index in [-0.39, 0.29) is 11.8 Å². The number of carbonyl (C=O) groups excluding carboxylic acids is 2. The average molecular weight is 294 g/mol. The third kappa shape index (κ3) is 2.64. The molecule has 2 heterocycles. The molecular weight excluding hydrogens is 276 g/mol. The largest absolute Gasteiger partial charge is 0.278 e. The molecule has 0 unspecified atom stereocenters. The van der Waals surface area contributed by atoms with Crippen molar-refractivity contribution in [3.05, 3.63) is 53.3 Å². The fraction of sp³-hybridized carbons (Fsp3) is 0.278. The lowest BCUT2D eigenvalue weighted by Crippen LogP contribution is -2.28. The molecule has 0 aliphatic carbocycles. The maximum atomic E-state index is 11.7. The maximum absolute atomic E-state index is 11.7. The molecule has 22 heavy (non-hydrogen) atoms. The molecule has 0 saturated carbocycles. The third-order valence-electron chi connectivity index (χ3n) is 4.16. The molecule has 1 saturated heterocycles. The van der Waals surface area contributed by atoms with Crippen LogP contribution in [0.1, 0.15) is 29.5 Å². The predicted molar refractivity (Wildman–Crippen MR) is 83.9 cm³/mol. The molecule has 0 atom stereocenters.